The molecule has 1 saturated heterocycles. The van der Waals surface area contributed by atoms with Gasteiger partial charge in [0.2, 0.25) is 0 Å². The standard InChI is InChI=1S/C26H22ClNO4/c1-16-5-3-6-18(13-16)23-22(24(29)19-7-4-8-20(27)14-19)25(30)26(31)28(23)15-17-9-11-21(32-2)12-10-17/h3-14,23,29H,15H2,1-2H3/b24-22-. The average Bonchev–Trinajstić information content (AvgIpc) is 3.04. The van der Waals surface area contributed by atoms with Gasteiger partial charge < -0.3 is 14.7 Å². The molecular formula is C26H22ClNO4. The third-order valence-electron chi connectivity index (χ3n) is 5.51. The molecule has 4 rings (SSSR count). The minimum atomic E-state index is -0.726. The van der Waals surface area contributed by atoms with E-state index in [2.05, 4.69) is 0 Å². The van der Waals surface area contributed by atoms with Crippen molar-refractivity contribution in [3.05, 3.63) is 106 Å². The minimum Gasteiger partial charge on any atom is -0.507 e. The van der Waals surface area contributed by atoms with E-state index in [1.54, 1.807) is 43.5 Å². The number of ketones is 1. The van der Waals surface area contributed by atoms with Crippen LogP contribution in [0.1, 0.15) is 28.3 Å². The maximum atomic E-state index is 13.1. The SMILES string of the molecule is COc1ccc(CN2C(=O)C(=O)/C(=C(\O)c3cccc(Cl)c3)C2c2cccc(C)c2)cc1. The molecule has 6 heteroatoms. The van der Waals surface area contributed by atoms with E-state index in [0.29, 0.717) is 16.3 Å². The van der Waals surface area contributed by atoms with Gasteiger partial charge in [0, 0.05) is 17.1 Å². The van der Waals surface area contributed by atoms with Crippen molar-refractivity contribution in [2.45, 2.75) is 19.5 Å². The number of Topliss-reactive ketones (excluding diaryl/α,β-unsaturated/α-hetero) is 1. The van der Waals surface area contributed by atoms with Crippen LogP contribution in [0.5, 0.6) is 5.75 Å². The maximum Gasteiger partial charge on any atom is 0.295 e. The Bertz CT molecular complexity index is 1220. The number of carbonyl (C=O) groups excluding carboxylic acids is 2. The lowest BCUT2D eigenvalue weighted by atomic mass is 9.94. The quantitative estimate of drug-likeness (QED) is 0.328. The van der Waals surface area contributed by atoms with Gasteiger partial charge in [-0.15, -0.1) is 0 Å². The van der Waals surface area contributed by atoms with E-state index in [9.17, 15) is 14.7 Å². The van der Waals surface area contributed by atoms with Crippen molar-refractivity contribution < 1.29 is 19.4 Å². The number of amides is 1. The molecule has 0 bridgehead atoms. The predicted molar refractivity (Wildman–Crippen MR) is 123 cm³/mol. The summed E-state index contributed by atoms with van der Waals surface area (Å²) in [6.07, 6.45) is 0. The molecule has 1 aliphatic heterocycles. The number of carbonyl (C=O) groups is 2. The first kappa shape index (κ1) is 21.7. The zero-order valence-electron chi connectivity index (χ0n) is 17.7. The summed E-state index contributed by atoms with van der Waals surface area (Å²) in [4.78, 5) is 27.7. The summed E-state index contributed by atoms with van der Waals surface area (Å²) in [6.45, 7) is 2.15. The molecule has 1 heterocycles. The van der Waals surface area contributed by atoms with Crippen molar-refractivity contribution >= 4 is 29.1 Å². The molecule has 1 unspecified atom stereocenters. The van der Waals surface area contributed by atoms with E-state index in [-0.39, 0.29) is 17.9 Å². The number of aliphatic hydroxyl groups is 1. The third-order valence-corrected chi connectivity index (χ3v) is 5.74. The first-order valence-electron chi connectivity index (χ1n) is 10.1. The zero-order chi connectivity index (χ0) is 22.8. The minimum absolute atomic E-state index is 0.0522. The van der Waals surface area contributed by atoms with Gasteiger partial charge in [-0.1, -0.05) is 65.7 Å². The summed E-state index contributed by atoms with van der Waals surface area (Å²) in [5, 5.41) is 11.5. The molecule has 32 heavy (non-hydrogen) atoms. The Morgan fingerprint density at radius 2 is 1.75 bits per heavy atom. The highest BCUT2D eigenvalue weighted by Gasteiger charge is 2.46. The molecule has 1 N–H and O–H groups in total. The Morgan fingerprint density at radius 3 is 2.41 bits per heavy atom. The second-order valence-corrected chi connectivity index (χ2v) is 8.14. The van der Waals surface area contributed by atoms with Crippen LogP contribution in [0.2, 0.25) is 5.02 Å². The first-order valence-corrected chi connectivity index (χ1v) is 10.5. The summed E-state index contributed by atoms with van der Waals surface area (Å²) in [5.41, 5.74) is 3.02. The van der Waals surface area contributed by atoms with Crippen LogP contribution in [0.15, 0.2) is 78.4 Å². The number of aliphatic hydroxyl groups excluding tert-OH is 1. The van der Waals surface area contributed by atoms with Crippen LogP contribution < -0.4 is 4.74 Å². The molecule has 3 aromatic carbocycles. The molecule has 0 radical (unpaired) electrons. The number of ether oxygens (including phenoxy) is 1. The first-order chi connectivity index (χ1) is 15.4. The Morgan fingerprint density at radius 1 is 1.03 bits per heavy atom. The van der Waals surface area contributed by atoms with E-state index in [4.69, 9.17) is 16.3 Å². The Kier molecular flexibility index (Phi) is 6.01. The van der Waals surface area contributed by atoms with E-state index >= 15 is 0 Å². The highest BCUT2D eigenvalue weighted by Crippen LogP contribution is 2.40. The molecule has 162 valence electrons. The Hall–Kier alpha value is -3.57. The largest absolute Gasteiger partial charge is 0.507 e. The summed E-state index contributed by atoms with van der Waals surface area (Å²) in [5.74, 6) is -0.917. The van der Waals surface area contributed by atoms with Crippen LogP contribution in [0, 0.1) is 6.92 Å². The number of halogens is 1. The summed E-state index contributed by atoms with van der Waals surface area (Å²) >= 11 is 6.09. The molecule has 0 saturated carbocycles. The monoisotopic (exact) mass is 447 g/mol. The second-order valence-electron chi connectivity index (χ2n) is 7.70. The zero-order valence-corrected chi connectivity index (χ0v) is 18.5. The molecule has 1 aliphatic rings. The van der Waals surface area contributed by atoms with Gasteiger partial charge in [-0.3, -0.25) is 9.59 Å². The highest BCUT2D eigenvalue weighted by molar-refractivity contribution is 6.46. The normalized spacial score (nSPS) is 17.6. The highest BCUT2D eigenvalue weighted by atomic mass is 35.5. The van der Waals surface area contributed by atoms with Crippen LogP contribution in [0.3, 0.4) is 0 Å². The third kappa shape index (κ3) is 4.12. The van der Waals surface area contributed by atoms with Crippen molar-refractivity contribution in [2.75, 3.05) is 7.11 Å². The second kappa shape index (κ2) is 8.89. The molecule has 1 fully saturated rings. The average molecular weight is 448 g/mol. The van der Waals surface area contributed by atoms with Crippen molar-refractivity contribution in [1.29, 1.82) is 0 Å². The van der Waals surface area contributed by atoms with Crippen LogP contribution in [0.25, 0.3) is 5.76 Å². The van der Waals surface area contributed by atoms with E-state index in [1.165, 1.54) is 4.90 Å². The molecular weight excluding hydrogens is 426 g/mol. The van der Waals surface area contributed by atoms with E-state index in [0.717, 1.165) is 16.7 Å². The molecule has 1 amide bonds. The van der Waals surface area contributed by atoms with Gasteiger partial charge in [0.1, 0.15) is 11.5 Å². The summed E-state index contributed by atoms with van der Waals surface area (Å²) in [6, 6.07) is 20.8. The van der Waals surface area contributed by atoms with Gasteiger partial charge in [0.05, 0.1) is 18.7 Å². The molecule has 3 aromatic rings. The fourth-order valence-electron chi connectivity index (χ4n) is 3.95. The Labute approximate surface area is 191 Å². The number of benzene rings is 3. The van der Waals surface area contributed by atoms with Crippen molar-refractivity contribution in [3.63, 3.8) is 0 Å². The lowest BCUT2D eigenvalue weighted by Gasteiger charge is -2.26. The van der Waals surface area contributed by atoms with Crippen LogP contribution >= 0.6 is 11.6 Å². The number of aryl methyl sites for hydroxylation is 1. The van der Waals surface area contributed by atoms with Crippen molar-refractivity contribution in [2.24, 2.45) is 0 Å². The summed E-state index contributed by atoms with van der Waals surface area (Å²) in [7, 11) is 1.58. The topological polar surface area (TPSA) is 66.8 Å². The van der Waals surface area contributed by atoms with Gasteiger partial charge in [-0.25, -0.2) is 0 Å². The van der Waals surface area contributed by atoms with Crippen molar-refractivity contribution in [3.8, 4) is 5.75 Å². The lowest BCUT2D eigenvalue weighted by Crippen LogP contribution is -2.29. The molecule has 1 atom stereocenters. The van der Waals surface area contributed by atoms with Gasteiger partial charge in [-0.05, 0) is 42.3 Å². The number of methoxy groups -OCH3 is 1. The van der Waals surface area contributed by atoms with Gasteiger partial charge >= 0.3 is 0 Å². The summed E-state index contributed by atoms with van der Waals surface area (Å²) < 4.78 is 5.20. The molecule has 0 aliphatic carbocycles. The number of nitrogens with zero attached hydrogens (tertiary/aromatic N) is 1. The van der Waals surface area contributed by atoms with Gasteiger partial charge in [0.15, 0.2) is 0 Å². The van der Waals surface area contributed by atoms with Crippen LogP contribution in [-0.4, -0.2) is 28.8 Å². The van der Waals surface area contributed by atoms with Gasteiger partial charge in [0.25, 0.3) is 11.7 Å². The molecule has 0 spiro atoms. The number of likely N-dealkylation sites (tertiary alicyclic amines) is 1. The van der Waals surface area contributed by atoms with Gasteiger partial charge in [-0.2, -0.15) is 0 Å². The lowest BCUT2D eigenvalue weighted by molar-refractivity contribution is -0.140. The van der Waals surface area contributed by atoms with E-state index < -0.39 is 17.7 Å². The van der Waals surface area contributed by atoms with Crippen molar-refractivity contribution in [1.82, 2.24) is 4.90 Å². The number of hydrogen-bond acceptors (Lipinski definition) is 4. The fourth-order valence-corrected chi connectivity index (χ4v) is 4.14. The molecule has 5 nitrogen and oxygen atoms in total. The maximum absolute atomic E-state index is 13.1. The van der Waals surface area contributed by atoms with E-state index in [1.807, 2.05) is 43.3 Å². The molecule has 0 aromatic heterocycles. The smallest absolute Gasteiger partial charge is 0.295 e. The number of hydrogen-bond donors (Lipinski definition) is 1. The predicted octanol–water partition coefficient (Wildman–Crippen LogP) is 5.28. The van der Waals surface area contributed by atoms with Crippen LogP contribution in [0.4, 0.5) is 0 Å². The fraction of sp³-hybridized carbons (Fsp3) is 0.154. The Balaban J connectivity index is 1.84. The number of rotatable bonds is 5. The van der Waals surface area contributed by atoms with Crippen LogP contribution in [-0.2, 0) is 16.1 Å².